The Morgan fingerprint density at radius 2 is 1.69 bits per heavy atom. The molecule has 5 nitrogen and oxygen atoms in total. The minimum absolute atomic E-state index is 0.102. The highest BCUT2D eigenvalue weighted by molar-refractivity contribution is 7.99. The molecule has 0 fully saturated rings. The fourth-order valence-corrected chi connectivity index (χ4v) is 4.00. The van der Waals surface area contributed by atoms with Gasteiger partial charge < -0.3 is 10.1 Å². The molecule has 0 atom stereocenters. The second-order valence-corrected chi connectivity index (χ2v) is 8.46. The number of urea groups is 1. The van der Waals surface area contributed by atoms with Crippen molar-refractivity contribution >= 4 is 29.4 Å². The molecule has 2 amide bonds. The monoisotopic (exact) mass is 448 g/mol. The number of unbranched alkanes of at least 4 members (excludes halogenated alkanes) is 1. The number of benzene rings is 3. The number of hydrogen-bond acceptors (Lipinski definition) is 4. The van der Waals surface area contributed by atoms with Crippen LogP contribution in [0.1, 0.15) is 32.3 Å². The van der Waals surface area contributed by atoms with Gasteiger partial charge in [-0.1, -0.05) is 61.5 Å². The summed E-state index contributed by atoms with van der Waals surface area (Å²) in [4.78, 5) is 27.9. The fraction of sp³-hybridized carbons (Fsp3) is 0.231. The number of rotatable bonds is 9. The van der Waals surface area contributed by atoms with E-state index in [4.69, 9.17) is 4.74 Å². The molecule has 3 aromatic rings. The number of carbonyl (C=O) groups excluding carboxylic acids is 2. The van der Waals surface area contributed by atoms with Crippen molar-refractivity contribution in [1.29, 1.82) is 0 Å². The van der Waals surface area contributed by atoms with E-state index in [1.165, 1.54) is 6.92 Å². The molecule has 0 bridgehead atoms. The Hall–Kier alpha value is -3.25. The maximum Gasteiger partial charge on any atom is 0.322 e. The lowest BCUT2D eigenvalue weighted by Gasteiger charge is -2.24. The maximum atomic E-state index is 13.0. The Morgan fingerprint density at radius 1 is 0.938 bits per heavy atom. The fourth-order valence-electron chi connectivity index (χ4n) is 3.13. The Kier molecular flexibility index (Phi) is 8.75. The van der Waals surface area contributed by atoms with Crippen LogP contribution in [0.2, 0.25) is 0 Å². The standard InChI is InChI=1S/C26H28N2O3S/c1-3-4-17-28(26(30)27-19-21-9-6-5-7-10-21)22-11-8-12-25(18-22)32-24-15-13-23(14-16-24)31-20(2)29/h5-16,18H,3-4,17,19H2,1-2H3,(H,27,30). The highest BCUT2D eigenvalue weighted by atomic mass is 32.2. The average molecular weight is 449 g/mol. The van der Waals surface area contributed by atoms with E-state index in [9.17, 15) is 9.59 Å². The predicted octanol–water partition coefficient (Wildman–Crippen LogP) is 6.28. The zero-order valence-electron chi connectivity index (χ0n) is 18.4. The van der Waals surface area contributed by atoms with E-state index in [1.807, 2.05) is 66.7 Å². The Bertz CT molecular complexity index is 1020. The molecule has 0 radical (unpaired) electrons. The Morgan fingerprint density at radius 3 is 2.38 bits per heavy atom. The number of anilines is 1. The minimum atomic E-state index is -0.337. The van der Waals surface area contributed by atoms with Gasteiger partial charge in [0.2, 0.25) is 0 Å². The van der Waals surface area contributed by atoms with Crippen LogP contribution in [-0.4, -0.2) is 18.5 Å². The van der Waals surface area contributed by atoms with Crippen LogP contribution in [0.4, 0.5) is 10.5 Å². The summed E-state index contributed by atoms with van der Waals surface area (Å²) < 4.78 is 5.09. The zero-order chi connectivity index (χ0) is 22.8. The van der Waals surface area contributed by atoms with Gasteiger partial charge in [0, 0.05) is 35.5 Å². The van der Waals surface area contributed by atoms with Crippen LogP contribution in [0.25, 0.3) is 0 Å². The number of esters is 1. The minimum Gasteiger partial charge on any atom is -0.427 e. The van der Waals surface area contributed by atoms with Crippen LogP contribution in [0.15, 0.2) is 88.7 Å². The van der Waals surface area contributed by atoms with Crippen molar-refractivity contribution in [2.24, 2.45) is 0 Å². The van der Waals surface area contributed by atoms with Gasteiger partial charge in [-0.15, -0.1) is 0 Å². The summed E-state index contributed by atoms with van der Waals surface area (Å²) in [6, 6.07) is 25.2. The molecule has 3 aromatic carbocycles. The van der Waals surface area contributed by atoms with Crippen molar-refractivity contribution in [3.05, 3.63) is 84.4 Å². The summed E-state index contributed by atoms with van der Waals surface area (Å²) in [5, 5.41) is 3.04. The van der Waals surface area contributed by atoms with Gasteiger partial charge in [0.25, 0.3) is 0 Å². The molecule has 0 aliphatic heterocycles. The zero-order valence-corrected chi connectivity index (χ0v) is 19.2. The van der Waals surface area contributed by atoms with Gasteiger partial charge in [0.1, 0.15) is 5.75 Å². The van der Waals surface area contributed by atoms with Gasteiger partial charge >= 0.3 is 12.0 Å². The van der Waals surface area contributed by atoms with Crippen LogP contribution in [-0.2, 0) is 11.3 Å². The van der Waals surface area contributed by atoms with E-state index in [1.54, 1.807) is 28.8 Å². The summed E-state index contributed by atoms with van der Waals surface area (Å²) in [6.07, 6.45) is 1.93. The molecular formula is C26H28N2O3S. The van der Waals surface area contributed by atoms with Gasteiger partial charge in [0.15, 0.2) is 0 Å². The molecule has 0 saturated heterocycles. The van der Waals surface area contributed by atoms with Crippen LogP contribution in [0.5, 0.6) is 5.75 Å². The lowest BCUT2D eigenvalue weighted by atomic mass is 10.2. The summed E-state index contributed by atoms with van der Waals surface area (Å²) in [7, 11) is 0. The van der Waals surface area contributed by atoms with Gasteiger partial charge in [-0.25, -0.2) is 4.79 Å². The number of amides is 2. The van der Waals surface area contributed by atoms with Crippen molar-refractivity contribution < 1.29 is 14.3 Å². The molecule has 3 rings (SSSR count). The van der Waals surface area contributed by atoms with Crippen LogP contribution < -0.4 is 15.0 Å². The molecule has 1 N–H and O–H groups in total. The topological polar surface area (TPSA) is 58.6 Å². The third-order valence-electron chi connectivity index (χ3n) is 4.72. The highest BCUT2D eigenvalue weighted by Crippen LogP contribution is 2.31. The molecule has 0 saturated carbocycles. The summed E-state index contributed by atoms with van der Waals surface area (Å²) >= 11 is 1.59. The van der Waals surface area contributed by atoms with Gasteiger partial charge in [-0.2, -0.15) is 0 Å². The van der Waals surface area contributed by atoms with E-state index < -0.39 is 0 Å². The van der Waals surface area contributed by atoms with E-state index in [0.29, 0.717) is 18.8 Å². The van der Waals surface area contributed by atoms with Crippen molar-refractivity contribution in [2.75, 3.05) is 11.4 Å². The summed E-state index contributed by atoms with van der Waals surface area (Å²) in [5.74, 6) is 0.187. The summed E-state index contributed by atoms with van der Waals surface area (Å²) in [6.45, 7) is 4.65. The van der Waals surface area contributed by atoms with Crippen LogP contribution in [0.3, 0.4) is 0 Å². The normalized spacial score (nSPS) is 10.4. The summed E-state index contributed by atoms with van der Waals surface area (Å²) in [5.41, 5.74) is 1.93. The number of hydrogen-bond donors (Lipinski definition) is 1. The SMILES string of the molecule is CCCCN(C(=O)NCc1ccccc1)c1cccc(Sc2ccc(OC(C)=O)cc2)c1. The molecule has 0 aromatic heterocycles. The van der Waals surface area contributed by atoms with Crippen molar-refractivity contribution in [3.63, 3.8) is 0 Å². The number of ether oxygens (including phenoxy) is 1. The number of nitrogens with zero attached hydrogens (tertiary/aromatic N) is 1. The molecule has 32 heavy (non-hydrogen) atoms. The van der Waals surface area contributed by atoms with Gasteiger partial charge in [-0.3, -0.25) is 9.69 Å². The lowest BCUT2D eigenvalue weighted by Crippen LogP contribution is -2.40. The lowest BCUT2D eigenvalue weighted by molar-refractivity contribution is -0.131. The second-order valence-electron chi connectivity index (χ2n) is 7.31. The number of nitrogens with one attached hydrogen (secondary N) is 1. The molecule has 0 unspecified atom stereocenters. The van der Waals surface area contributed by atoms with Gasteiger partial charge in [-0.05, 0) is 54.4 Å². The van der Waals surface area contributed by atoms with Crippen molar-refractivity contribution in [2.45, 2.75) is 43.0 Å². The molecule has 0 aliphatic rings. The average Bonchev–Trinajstić information content (AvgIpc) is 2.80. The Balaban J connectivity index is 1.70. The first-order valence-electron chi connectivity index (χ1n) is 10.7. The highest BCUT2D eigenvalue weighted by Gasteiger charge is 2.15. The molecule has 6 heteroatoms. The van der Waals surface area contributed by atoms with E-state index in [0.717, 1.165) is 33.9 Å². The van der Waals surface area contributed by atoms with Crippen LogP contribution in [0, 0.1) is 0 Å². The smallest absolute Gasteiger partial charge is 0.322 e. The first-order valence-corrected chi connectivity index (χ1v) is 11.5. The first kappa shape index (κ1) is 23.4. The van der Waals surface area contributed by atoms with E-state index in [2.05, 4.69) is 12.2 Å². The quantitative estimate of drug-likeness (QED) is 0.309. The molecule has 0 heterocycles. The third kappa shape index (κ3) is 7.17. The van der Waals surface area contributed by atoms with E-state index >= 15 is 0 Å². The number of carbonyl (C=O) groups is 2. The maximum absolute atomic E-state index is 13.0. The molecule has 0 spiro atoms. The molecular weight excluding hydrogens is 420 g/mol. The van der Waals surface area contributed by atoms with E-state index in [-0.39, 0.29) is 12.0 Å². The predicted molar refractivity (Wildman–Crippen MR) is 129 cm³/mol. The molecule has 0 aliphatic carbocycles. The first-order chi connectivity index (χ1) is 15.5. The molecule has 166 valence electrons. The largest absolute Gasteiger partial charge is 0.427 e. The van der Waals surface area contributed by atoms with Gasteiger partial charge in [0.05, 0.1) is 0 Å². The van der Waals surface area contributed by atoms with Crippen LogP contribution >= 0.6 is 11.8 Å². The third-order valence-corrected chi connectivity index (χ3v) is 5.71. The van der Waals surface area contributed by atoms with Crippen molar-refractivity contribution in [3.8, 4) is 5.75 Å². The van der Waals surface area contributed by atoms with Crippen molar-refractivity contribution in [1.82, 2.24) is 5.32 Å². The second kappa shape index (κ2) is 12.0. The Labute approximate surface area is 193 Å².